The number of hydrogen-bond donors (Lipinski definition) is 1. The van der Waals surface area contributed by atoms with Gasteiger partial charge in [0.1, 0.15) is 5.82 Å². The molecule has 0 aliphatic heterocycles. The van der Waals surface area contributed by atoms with Crippen molar-refractivity contribution in [1.29, 1.82) is 0 Å². The molecule has 0 saturated carbocycles. The van der Waals surface area contributed by atoms with Crippen LogP contribution in [-0.2, 0) is 5.75 Å². The van der Waals surface area contributed by atoms with Gasteiger partial charge < -0.3 is 0 Å². The fraction of sp³-hybridized carbons (Fsp3) is 0.500. The van der Waals surface area contributed by atoms with Gasteiger partial charge in [0.05, 0.1) is 5.75 Å². The highest BCUT2D eigenvalue weighted by Crippen LogP contribution is 2.05. The van der Waals surface area contributed by atoms with Crippen molar-refractivity contribution in [3.63, 3.8) is 0 Å². The molecule has 2 nitrogen and oxygen atoms in total. The largest absolute Gasteiger partial charge is 0.296 e. The second-order valence-corrected chi connectivity index (χ2v) is 3.77. The Hall–Kier alpha value is 0.130. The molecule has 5 heteroatoms. The SMILES string of the molecule is CSCc1nc(=S)s[nH]1. The molecule has 0 bridgehead atoms. The van der Waals surface area contributed by atoms with E-state index >= 15 is 0 Å². The lowest BCUT2D eigenvalue weighted by molar-refractivity contribution is 1.13. The molecule has 0 radical (unpaired) electrons. The Kier molecular flexibility index (Phi) is 2.68. The van der Waals surface area contributed by atoms with E-state index in [9.17, 15) is 0 Å². The third-order valence-corrected chi connectivity index (χ3v) is 2.27. The molecule has 1 aromatic heterocycles. The zero-order valence-corrected chi connectivity index (χ0v) is 7.33. The van der Waals surface area contributed by atoms with Crippen molar-refractivity contribution in [3.8, 4) is 0 Å². The molecule has 0 amide bonds. The van der Waals surface area contributed by atoms with E-state index in [2.05, 4.69) is 9.36 Å². The van der Waals surface area contributed by atoms with Gasteiger partial charge in [0, 0.05) is 0 Å². The monoisotopic (exact) mass is 178 g/mol. The molecule has 0 saturated heterocycles. The first-order valence-electron chi connectivity index (χ1n) is 2.36. The van der Waals surface area contributed by atoms with Gasteiger partial charge in [-0.1, -0.05) is 0 Å². The average Bonchev–Trinajstić information content (AvgIpc) is 2.17. The zero-order chi connectivity index (χ0) is 6.69. The Morgan fingerprint density at radius 3 is 3.11 bits per heavy atom. The van der Waals surface area contributed by atoms with Crippen LogP contribution < -0.4 is 0 Å². The predicted molar refractivity (Wildman–Crippen MR) is 44.5 cm³/mol. The summed E-state index contributed by atoms with van der Waals surface area (Å²) in [5.41, 5.74) is 0. The molecule has 0 atom stereocenters. The smallest absolute Gasteiger partial charge is 0.198 e. The van der Waals surface area contributed by atoms with Gasteiger partial charge in [-0.2, -0.15) is 11.8 Å². The molecule has 0 fully saturated rings. The van der Waals surface area contributed by atoms with Crippen molar-refractivity contribution < 1.29 is 0 Å². The normalized spacial score (nSPS) is 9.89. The first-order valence-corrected chi connectivity index (χ1v) is 4.98. The van der Waals surface area contributed by atoms with Gasteiger partial charge in [-0.3, -0.25) is 4.37 Å². The fourth-order valence-corrected chi connectivity index (χ4v) is 1.67. The minimum Gasteiger partial charge on any atom is -0.296 e. The van der Waals surface area contributed by atoms with Crippen LogP contribution in [-0.4, -0.2) is 15.6 Å². The number of thioether (sulfide) groups is 1. The van der Waals surface area contributed by atoms with Gasteiger partial charge in [0.15, 0.2) is 3.95 Å². The Labute approximate surface area is 66.9 Å². The van der Waals surface area contributed by atoms with Crippen molar-refractivity contribution in [2.75, 3.05) is 6.26 Å². The number of aromatic amines is 1. The molecular formula is C4H6N2S3. The third kappa shape index (κ3) is 2.08. The summed E-state index contributed by atoms with van der Waals surface area (Å²) in [5, 5.41) is 0. The number of nitrogens with one attached hydrogen (secondary N) is 1. The second kappa shape index (κ2) is 3.34. The van der Waals surface area contributed by atoms with Crippen molar-refractivity contribution in [3.05, 3.63) is 9.78 Å². The van der Waals surface area contributed by atoms with E-state index in [1.165, 1.54) is 11.5 Å². The van der Waals surface area contributed by atoms with Crippen molar-refractivity contribution in [1.82, 2.24) is 9.36 Å². The lowest BCUT2D eigenvalue weighted by Crippen LogP contribution is -1.79. The van der Waals surface area contributed by atoms with Gasteiger partial charge in [-0.05, 0) is 30.0 Å². The zero-order valence-electron chi connectivity index (χ0n) is 4.88. The Balaban J connectivity index is 2.73. The molecule has 1 heterocycles. The summed E-state index contributed by atoms with van der Waals surface area (Å²) in [6.45, 7) is 0. The van der Waals surface area contributed by atoms with Gasteiger partial charge in [-0.25, -0.2) is 4.98 Å². The minimum atomic E-state index is 0.694. The number of rotatable bonds is 2. The van der Waals surface area contributed by atoms with E-state index in [1.807, 2.05) is 6.26 Å². The lowest BCUT2D eigenvalue weighted by Gasteiger charge is -1.85. The Bertz CT molecular complexity index is 226. The van der Waals surface area contributed by atoms with Crippen LogP contribution in [0.25, 0.3) is 0 Å². The standard InChI is InChI=1S/C4H6N2S3/c1-8-2-3-5-4(7)9-6-3/h2H2,1H3,(H,5,6,7). The number of hydrogen-bond acceptors (Lipinski definition) is 4. The first-order chi connectivity index (χ1) is 4.33. The van der Waals surface area contributed by atoms with E-state index in [4.69, 9.17) is 12.2 Å². The molecule has 1 aromatic rings. The number of aromatic nitrogens is 2. The maximum atomic E-state index is 4.81. The first kappa shape index (κ1) is 7.24. The topological polar surface area (TPSA) is 28.7 Å². The number of H-pyrrole nitrogens is 1. The third-order valence-electron chi connectivity index (χ3n) is 0.763. The highest BCUT2D eigenvalue weighted by molar-refractivity contribution is 7.97. The lowest BCUT2D eigenvalue weighted by atomic mass is 10.7. The maximum absolute atomic E-state index is 4.81. The van der Waals surface area contributed by atoms with Gasteiger partial charge in [0.2, 0.25) is 0 Å². The van der Waals surface area contributed by atoms with Crippen molar-refractivity contribution in [2.24, 2.45) is 0 Å². The highest BCUT2D eigenvalue weighted by atomic mass is 32.2. The predicted octanol–water partition coefficient (Wildman–Crippen LogP) is 2.06. The Morgan fingerprint density at radius 1 is 1.89 bits per heavy atom. The van der Waals surface area contributed by atoms with Crippen LogP contribution in [0.5, 0.6) is 0 Å². The molecule has 1 N–H and O–H groups in total. The summed E-state index contributed by atoms with van der Waals surface area (Å²) < 4.78 is 3.71. The quantitative estimate of drug-likeness (QED) is 0.703. The molecule has 0 spiro atoms. The summed E-state index contributed by atoms with van der Waals surface area (Å²) in [7, 11) is 0. The van der Waals surface area contributed by atoms with Gasteiger partial charge in [0.25, 0.3) is 0 Å². The molecule has 1 rings (SSSR count). The summed E-state index contributed by atoms with van der Waals surface area (Å²) in [6, 6.07) is 0. The average molecular weight is 178 g/mol. The summed E-state index contributed by atoms with van der Waals surface area (Å²) in [6.07, 6.45) is 2.04. The summed E-state index contributed by atoms with van der Waals surface area (Å²) in [5.74, 6) is 1.91. The number of nitrogens with zero attached hydrogens (tertiary/aromatic N) is 1. The molecule has 0 aromatic carbocycles. The molecular weight excluding hydrogens is 172 g/mol. The van der Waals surface area contributed by atoms with E-state index < -0.39 is 0 Å². The van der Waals surface area contributed by atoms with Crippen LogP contribution in [0.2, 0.25) is 0 Å². The summed E-state index contributed by atoms with van der Waals surface area (Å²) in [4.78, 5) is 4.06. The second-order valence-electron chi connectivity index (χ2n) is 1.46. The van der Waals surface area contributed by atoms with Crippen LogP contribution in [0.15, 0.2) is 0 Å². The fourth-order valence-electron chi connectivity index (χ4n) is 0.457. The van der Waals surface area contributed by atoms with E-state index in [1.54, 1.807) is 11.8 Å². The molecule has 50 valence electrons. The van der Waals surface area contributed by atoms with Gasteiger partial charge >= 0.3 is 0 Å². The van der Waals surface area contributed by atoms with Crippen LogP contribution in [0, 0.1) is 3.95 Å². The molecule has 0 unspecified atom stereocenters. The minimum absolute atomic E-state index is 0.694. The maximum Gasteiger partial charge on any atom is 0.198 e. The molecule has 9 heavy (non-hydrogen) atoms. The van der Waals surface area contributed by atoms with Crippen LogP contribution in [0.1, 0.15) is 5.82 Å². The molecule has 0 aliphatic rings. The van der Waals surface area contributed by atoms with Crippen LogP contribution in [0.4, 0.5) is 0 Å². The van der Waals surface area contributed by atoms with Gasteiger partial charge in [-0.15, -0.1) is 0 Å². The van der Waals surface area contributed by atoms with Crippen LogP contribution in [0.3, 0.4) is 0 Å². The molecule has 0 aliphatic carbocycles. The Morgan fingerprint density at radius 2 is 2.67 bits per heavy atom. The van der Waals surface area contributed by atoms with Crippen molar-refractivity contribution in [2.45, 2.75) is 5.75 Å². The van der Waals surface area contributed by atoms with Crippen molar-refractivity contribution >= 4 is 35.5 Å². The summed E-state index contributed by atoms with van der Waals surface area (Å²) >= 11 is 7.96. The van der Waals surface area contributed by atoms with E-state index in [0.29, 0.717) is 3.95 Å². The van der Waals surface area contributed by atoms with E-state index in [0.717, 1.165) is 11.6 Å². The van der Waals surface area contributed by atoms with Crippen LogP contribution >= 0.6 is 35.5 Å². The highest BCUT2D eigenvalue weighted by Gasteiger charge is 1.92. The van der Waals surface area contributed by atoms with E-state index in [-0.39, 0.29) is 0 Å².